The molecule has 0 saturated carbocycles. The molecule has 4 rings (SSSR count). The summed E-state index contributed by atoms with van der Waals surface area (Å²) in [5.41, 5.74) is 5.20. The zero-order chi connectivity index (χ0) is 18.8. The Balaban J connectivity index is 1.76. The van der Waals surface area contributed by atoms with Gasteiger partial charge in [0.25, 0.3) is 5.91 Å². The van der Waals surface area contributed by atoms with E-state index in [4.69, 9.17) is 0 Å². The van der Waals surface area contributed by atoms with E-state index in [-0.39, 0.29) is 12.1 Å². The van der Waals surface area contributed by atoms with Crippen LogP contribution in [0.3, 0.4) is 0 Å². The lowest BCUT2D eigenvalue weighted by atomic mass is 10.0. The fourth-order valence-corrected chi connectivity index (χ4v) is 3.39. The van der Waals surface area contributed by atoms with Crippen molar-refractivity contribution in [1.29, 1.82) is 5.26 Å². The molecule has 0 bridgehead atoms. The third kappa shape index (κ3) is 3.28. The van der Waals surface area contributed by atoms with E-state index in [1.165, 1.54) is 5.56 Å². The first-order valence-electron chi connectivity index (χ1n) is 8.88. The van der Waals surface area contributed by atoms with E-state index in [1.807, 2.05) is 66.4 Å². The molecule has 132 valence electrons. The fraction of sp³-hybridized carbons (Fsp3) is 0.130. The largest absolute Gasteiger partial charge is 0.361 e. The number of anilines is 1. The number of fused-ring (bicyclic) bond motifs is 1. The molecule has 27 heavy (non-hydrogen) atoms. The van der Waals surface area contributed by atoms with Gasteiger partial charge in [-0.15, -0.1) is 0 Å². The number of nitrogens with one attached hydrogen (secondary N) is 1. The van der Waals surface area contributed by atoms with Gasteiger partial charge >= 0.3 is 0 Å². The molecule has 1 aliphatic rings. The maximum absolute atomic E-state index is 13.2. The number of amides is 1. The minimum absolute atomic E-state index is 0.0164. The van der Waals surface area contributed by atoms with Crippen LogP contribution in [-0.2, 0) is 6.54 Å². The van der Waals surface area contributed by atoms with E-state index >= 15 is 0 Å². The van der Waals surface area contributed by atoms with Gasteiger partial charge in [0.15, 0.2) is 0 Å². The van der Waals surface area contributed by atoms with Gasteiger partial charge in [0.05, 0.1) is 17.2 Å². The van der Waals surface area contributed by atoms with Gasteiger partial charge in [-0.1, -0.05) is 54.1 Å². The molecule has 4 heteroatoms. The summed E-state index contributed by atoms with van der Waals surface area (Å²) in [5, 5.41) is 12.7. The van der Waals surface area contributed by atoms with Crippen molar-refractivity contribution in [2.45, 2.75) is 19.6 Å². The average molecular weight is 353 g/mol. The number of carbonyl (C=O) groups excluding carboxylic acids is 1. The van der Waals surface area contributed by atoms with Crippen molar-refractivity contribution in [2.24, 2.45) is 0 Å². The Morgan fingerprint density at radius 3 is 2.59 bits per heavy atom. The summed E-state index contributed by atoms with van der Waals surface area (Å²) in [4.78, 5) is 15.1. The maximum atomic E-state index is 13.2. The Labute approximate surface area is 158 Å². The highest BCUT2D eigenvalue weighted by Crippen LogP contribution is 2.34. The summed E-state index contributed by atoms with van der Waals surface area (Å²) in [6.07, 6.45) is -0.331. The van der Waals surface area contributed by atoms with Crippen molar-refractivity contribution in [1.82, 2.24) is 4.90 Å². The lowest BCUT2D eigenvalue weighted by Gasteiger charge is -2.38. The first kappa shape index (κ1) is 16.9. The Kier molecular flexibility index (Phi) is 4.35. The van der Waals surface area contributed by atoms with Crippen LogP contribution in [-0.4, -0.2) is 10.8 Å². The molecule has 0 fully saturated rings. The molecule has 1 atom stereocenters. The Hall–Kier alpha value is -3.58. The molecule has 3 aromatic carbocycles. The average Bonchev–Trinajstić information content (AvgIpc) is 2.71. The van der Waals surface area contributed by atoms with E-state index in [9.17, 15) is 10.1 Å². The highest BCUT2D eigenvalue weighted by atomic mass is 16.2. The molecule has 0 aliphatic carbocycles. The monoisotopic (exact) mass is 353 g/mol. The molecule has 1 N–H and O–H groups in total. The number of para-hydroxylation sites is 1. The van der Waals surface area contributed by atoms with Crippen LogP contribution < -0.4 is 5.32 Å². The Bertz CT molecular complexity index is 1030. The number of nitriles is 1. The van der Waals surface area contributed by atoms with Gasteiger partial charge < -0.3 is 10.2 Å². The Morgan fingerprint density at radius 2 is 1.81 bits per heavy atom. The quantitative estimate of drug-likeness (QED) is 0.747. The summed E-state index contributed by atoms with van der Waals surface area (Å²) in [6.45, 7) is 2.53. The molecule has 4 nitrogen and oxygen atoms in total. The normalized spacial score (nSPS) is 15.6. The highest BCUT2D eigenvalue weighted by Gasteiger charge is 2.32. The zero-order valence-electron chi connectivity index (χ0n) is 15.0. The van der Waals surface area contributed by atoms with Crippen LogP contribution in [0.5, 0.6) is 0 Å². The van der Waals surface area contributed by atoms with Crippen molar-refractivity contribution in [3.8, 4) is 6.07 Å². The number of carbonyl (C=O) groups is 1. The second-order valence-electron chi connectivity index (χ2n) is 6.75. The standard InChI is InChI=1S/C23H19N3O/c1-16-9-11-17(12-10-16)15-26-22(19-6-4-5-18(13-19)14-24)25-21-8-3-2-7-20(21)23(26)27/h2-13,22,25H,15H2,1H3. The summed E-state index contributed by atoms with van der Waals surface area (Å²) in [5.74, 6) is -0.0164. The fourth-order valence-electron chi connectivity index (χ4n) is 3.39. The summed E-state index contributed by atoms with van der Waals surface area (Å²) < 4.78 is 0. The van der Waals surface area contributed by atoms with E-state index < -0.39 is 0 Å². The van der Waals surface area contributed by atoms with Crippen molar-refractivity contribution in [3.05, 3.63) is 101 Å². The minimum Gasteiger partial charge on any atom is -0.361 e. The van der Waals surface area contributed by atoms with Crippen LogP contribution in [0.2, 0.25) is 0 Å². The predicted octanol–water partition coefficient (Wildman–Crippen LogP) is 4.63. The smallest absolute Gasteiger partial charge is 0.258 e. The molecular formula is C23H19N3O. The van der Waals surface area contributed by atoms with Crippen molar-refractivity contribution in [3.63, 3.8) is 0 Å². The lowest BCUT2D eigenvalue weighted by Crippen LogP contribution is -2.42. The van der Waals surface area contributed by atoms with Crippen LogP contribution in [0.25, 0.3) is 0 Å². The van der Waals surface area contributed by atoms with E-state index in [0.717, 1.165) is 16.8 Å². The maximum Gasteiger partial charge on any atom is 0.258 e. The number of hydrogen-bond donors (Lipinski definition) is 1. The van der Waals surface area contributed by atoms with E-state index in [1.54, 1.807) is 6.07 Å². The van der Waals surface area contributed by atoms with Gasteiger partial charge in [0.1, 0.15) is 6.17 Å². The van der Waals surface area contributed by atoms with E-state index in [0.29, 0.717) is 17.7 Å². The van der Waals surface area contributed by atoms with Crippen LogP contribution in [0.15, 0.2) is 72.8 Å². The third-order valence-electron chi connectivity index (χ3n) is 4.83. The van der Waals surface area contributed by atoms with Gasteiger partial charge in [-0.3, -0.25) is 4.79 Å². The summed E-state index contributed by atoms with van der Waals surface area (Å²) in [6, 6.07) is 25.3. The molecule has 1 aliphatic heterocycles. The number of hydrogen-bond acceptors (Lipinski definition) is 3. The van der Waals surface area contributed by atoms with E-state index in [2.05, 4.69) is 23.5 Å². The van der Waals surface area contributed by atoms with Gasteiger partial charge in [0.2, 0.25) is 0 Å². The number of benzene rings is 3. The highest BCUT2D eigenvalue weighted by molar-refractivity contribution is 6.01. The number of rotatable bonds is 3. The topological polar surface area (TPSA) is 56.1 Å². The van der Waals surface area contributed by atoms with Gasteiger partial charge in [-0.25, -0.2) is 0 Å². The lowest BCUT2D eigenvalue weighted by molar-refractivity contribution is 0.0666. The molecule has 1 heterocycles. The van der Waals surface area contributed by atoms with Gasteiger partial charge in [-0.2, -0.15) is 5.26 Å². The minimum atomic E-state index is -0.331. The van der Waals surface area contributed by atoms with Crippen LogP contribution in [0, 0.1) is 18.3 Å². The van der Waals surface area contributed by atoms with Crippen LogP contribution in [0.1, 0.15) is 38.8 Å². The van der Waals surface area contributed by atoms with Gasteiger partial charge in [-0.05, 0) is 42.3 Å². The predicted molar refractivity (Wildman–Crippen MR) is 105 cm³/mol. The molecule has 3 aromatic rings. The molecule has 1 unspecified atom stereocenters. The summed E-state index contributed by atoms with van der Waals surface area (Å²) >= 11 is 0. The Morgan fingerprint density at radius 1 is 1.04 bits per heavy atom. The molecule has 0 saturated heterocycles. The first-order chi connectivity index (χ1) is 13.2. The first-order valence-corrected chi connectivity index (χ1v) is 8.88. The SMILES string of the molecule is Cc1ccc(CN2C(=O)c3ccccc3NC2c2cccc(C#N)c2)cc1. The second kappa shape index (κ2) is 6.97. The van der Waals surface area contributed by atoms with Crippen LogP contribution >= 0.6 is 0 Å². The van der Waals surface area contributed by atoms with Crippen molar-refractivity contribution in [2.75, 3.05) is 5.32 Å². The van der Waals surface area contributed by atoms with Crippen LogP contribution in [0.4, 0.5) is 5.69 Å². The zero-order valence-corrected chi connectivity index (χ0v) is 15.0. The molecule has 0 spiro atoms. The van der Waals surface area contributed by atoms with Crippen molar-refractivity contribution >= 4 is 11.6 Å². The molecular weight excluding hydrogens is 334 g/mol. The third-order valence-corrected chi connectivity index (χ3v) is 4.83. The molecule has 0 aromatic heterocycles. The summed E-state index contributed by atoms with van der Waals surface area (Å²) in [7, 11) is 0. The molecule has 0 radical (unpaired) electrons. The molecule has 1 amide bonds. The number of aryl methyl sites for hydroxylation is 1. The van der Waals surface area contributed by atoms with Crippen molar-refractivity contribution < 1.29 is 4.79 Å². The van der Waals surface area contributed by atoms with Gasteiger partial charge in [0, 0.05) is 12.2 Å². The second-order valence-corrected chi connectivity index (χ2v) is 6.75. The number of nitrogens with zero attached hydrogens (tertiary/aromatic N) is 2.